The second kappa shape index (κ2) is 2.02. The third kappa shape index (κ3) is 0.979. The molecular formula is C10H16O. The van der Waals surface area contributed by atoms with E-state index < -0.39 is 0 Å². The van der Waals surface area contributed by atoms with Gasteiger partial charge in [0, 0.05) is 0 Å². The van der Waals surface area contributed by atoms with Gasteiger partial charge in [0.15, 0.2) is 5.60 Å². The Hall–Kier alpha value is -0.460. The van der Waals surface area contributed by atoms with Gasteiger partial charge in [-0.3, -0.25) is 0 Å². The summed E-state index contributed by atoms with van der Waals surface area (Å²) in [5.74, 6) is 2.01. The summed E-state index contributed by atoms with van der Waals surface area (Å²) in [5.41, 5.74) is 1.75. The minimum atomic E-state index is 0.178. The molecule has 1 fully saturated rings. The van der Waals surface area contributed by atoms with E-state index in [0.717, 1.165) is 0 Å². The Labute approximate surface area is 68.4 Å². The summed E-state index contributed by atoms with van der Waals surface area (Å²) in [6, 6.07) is 0. The second-order valence-electron chi connectivity index (χ2n) is 4.20. The summed E-state index contributed by atoms with van der Waals surface area (Å²) >= 11 is 0. The van der Waals surface area contributed by atoms with Crippen LogP contribution in [0.4, 0.5) is 0 Å². The number of ether oxygens (including phenoxy) is 1. The highest BCUT2D eigenvalue weighted by Gasteiger charge is 2.51. The zero-order valence-electron chi connectivity index (χ0n) is 7.61. The molecule has 1 unspecified atom stereocenters. The van der Waals surface area contributed by atoms with Crippen molar-refractivity contribution < 1.29 is 4.74 Å². The molecule has 1 atom stereocenters. The van der Waals surface area contributed by atoms with Crippen LogP contribution in [0.5, 0.6) is 0 Å². The lowest BCUT2D eigenvalue weighted by Gasteiger charge is -2.14. The van der Waals surface area contributed by atoms with Crippen molar-refractivity contribution in [2.45, 2.75) is 45.6 Å². The predicted molar refractivity (Wildman–Crippen MR) is 45.2 cm³/mol. The molecule has 0 aromatic rings. The molecule has 0 N–H and O–H groups in total. The molecule has 1 heterocycles. The van der Waals surface area contributed by atoms with Crippen LogP contribution in [0.15, 0.2) is 11.3 Å². The Morgan fingerprint density at radius 1 is 1.45 bits per heavy atom. The van der Waals surface area contributed by atoms with Gasteiger partial charge in [-0.15, -0.1) is 0 Å². The van der Waals surface area contributed by atoms with Gasteiger partial charge in [0.1, 0.15) is 5.76 Å². The molecule has 1 aliphatic carbocycles. The number of fused-ring (bicyclic) bond motifs is 1. The number of hydrogen-bond donors (Lipinski definition) is 0. The molecule has 0 aromatic heterocycles. The van der Waals surface area contributed by atoms with Crippen LogP contribution in [0.25, 0.3) is 0 Å². The number of allylic oxidation sites excluding steroid dienone is 1. The largest absolute Gasteiger partial charge is 0.480 e. The van der Waals surface area contributed by atoms with E-state index in [4.69, 9.17) is 4.74 Å². The summed E-state index contributed by atoms with van der Waals surface area (Å²) in [6.07, 6.45) is 3.81. The maximum absolute atomic E-state index is 5.62. The van der Waals surface area contributed by atoms with Gasteiger partial charge in [-0.05, 0) is 37.7 Å². The number of rotatable bonds is 1. The van der Waals surface area contributed by atoms with E-state index in [1.54, 1.807) is 5.57 Å². The first-order valence-electron chi connectivity index (χ1n) is 4.56. The van der Waals surface area contributed by atoms with Crippen molar-refractivity contribution in [1.29, 1.82) is 0 Å². The van der Waals surface area contributed by atoms with Crippen molar-refractivity contribution in [1.82, 2.24) is 0 Å². The van der Waals surface area contributed by atoms with Crippen molar-refractivity contribution in [3.63, 3.8) is 0 Å². The van der Waals surface area contributed by atoms with E-state index in [-0.39, 0.29) is 5.60 Å². The lowest BCUT2D eigenvalue weighted by Crippen LogP contribution is -2.10. The fourth-order valence-electron chi connectivity index (χ4n) is 2.05. The van der Waals surface area contributed by atoms with Crippen molar-refractivity contribution in [3.05, 3.63) is 11.3 Å². The van der Waals surface area contributed by atoms with E-state index in [1.807, 2.05) is 0 Å². The summed E-state index contributed by atoms with van der Waals surface area (Å²) in [7, 11) is 0. The minimum absolute atomic E-state index is 0.178. The lowest BCUT2D eigenvalue weighted by molar-refractivity contribution is 0.313. The molecule has 1 aliphatic heterocycles. The van der Waals surface area contributed by atoms with Gasteiger partial charge >= 0.3 is 0 Å². The summed E-state index contributed by atoms with van der Waals surface area (Å²) in [5, 5.41) is 0. The van der Waals surface area contributed by atoms with E-state index in [2.05, 4.69) is 20.8 Å². The SMILES string of the molecule is CC(C)C1=C2OC2(C)CCC1. The van der Waals surface area contributed by atoms with Gasteiger partial charge < -0.3 is 4.74 Å². The van der Waals surface area contributed by atoms with Crippen LogP contribution in [0.3, 0.4) is 0 Å². The molecule has 2 aliphatic rings. The molecule has 0 bridgehead atoms. The smallest absolute Gasteiger partial charge is 0.162 e. The van der Waals surface area contributed by atoms with Gasteiger partial charge in [-0.2, -0.15) is 0 Å². The van der Waals surface area contributed by atoms with Gasteiger partial charge in [-0.1, -0.05) is 13.8 Å². The molecule has 0 spiro atoms. The molecule has 2 rings (SSSR count). The Morgan fingerprint density at radius 3 is 2.73 bits per heavy atom. The van der Waals surface area contributed by atoms with Crippen LogP contribution in [-0.4, -0.2) is 5.60 Å². The quantitative estimate of drug-likeness (QED) is 0.526. The average molecular weight is 152 g/mol. The molecule has 11 heavy (non-hydrogen) atoms. The van der Waals surface area contributed by atoms with Crippen molar-refractivity contribution in [2.75, 3.05) is 0 Å². The van der Waals surface area contributed by atoms with Gasteiger partial charge in [0.2, 0.25) is 0 Å². The number of hydrogen-bond acceptors (Lipinski definition) is 1. The molecule has 0 radical (unpaired) electrons. The van der Waals surface area contributed by atoms with Gasteiger partial charge in [0.25, 0.3) is 0 Å². The Morgan fingerprint density at radius 2 is 2.18 bits per heavy atom. The highest BCUT2D eigenvalue weighted by atomic mass is 16.6. The lowest BCUT2D eigenvalue weighted by atomic mass is 9.86. The molecule has 1 saturated heterocycles. The van der Waals surface area contributed by atoms with Crippen LogP contribution in [-0.2, 0) is 4.74 Å². The summed E-state index contributed by atoms with van der Waals surface area (Å²) < 4.78 is 5.62. The monoisotopic (exact) mass is 152 g/mol. The third-order valence-electron chi connectivity index (χ3n) is 2.85. The molecule has 62 valence electrons. The first-order chi connectivity index (χ1) is 5.13. The van der Waals surface area contributed by atoms with Crippen LogP contribution in [0.1, 0.15) is 40.0 Å². The third-order valence-corrected chi connectivity index (χ3v) is 2.85. The zero-order chi connectivity index (χ0) is 8.06. The minimum Gasteiger partial charge on any atom is -0.480 e. The maximum Gasteiger partial charge on any atom is 0.162 e. The molecule has 1 heteroatoms. The van der Waals surface area contributed by atoms with Crippen LogP contribution < -0.4 is 0 Å². The average Bonchev–Trinajstić information content (AvgIpc) is 2.58. The summed E-state index contributed by atoms with van der Waals surface area (Å²) in [6.45, 7) is 6.73. The molecule has 0 amide bonds. The Bertz CT molecular complexity index is 215. The van der Waals surface area contributed by atoms with E-state index in [9.17, 15) is 0 Å². The standard InChI is InChI=1S/C10H16O/c1-7(2)8-5-4-6-10(3)9(8)11-10/h7H,4-6H2,1-3H3. The fourth-order valence-corrected chi connectivity index (χ4v) is 2.05. The van der Waals surface area contributed by atoms with Gasteiger partial charge in [-0.25, -0.2) is 0 Å². The Kier molecular flexibility index (Phi) is 1.33. The van der Waals surface area contributed by atoms with E-state index in [1.165, 1.54) is 25.0 Å². The van der Waals surface area contributed by atoms with Crippen molar-refractivity contribution in [2.24, 2.45) is 5.92 Å². The molecule has 0 aromatic carbocycles. The zero-order valence-corrected chi connectivity index (χ0v) is 7.61. The van der Waals surface area contributed by atoms with E-state index >= 15 is 0 Å². The second-order valence-corrected chi connectivity index (χ2v) is 4.20. The van der Waals surface area contributed by atoms with Crippen LogP contribution >= 0.6 is 0 Å². The van der Waals surface area contributed by atoms with Crippen molar-refractivity contribution >= 4 is 0 Å². The molecule has 1 nitrogen and oxygen atoms in total. The van der Waals surface area contributed by atoms with Crippen LogP contribution in [0.2, 0.25) is 0 Å². The van der Waals surface area contributed by atoms with E-state index in [0.29, 0.717) is 5.92 Å². The highest BCUT2D eigenvalue weighted by molar-refractivity contribution is 5.33. The first kappa shape index (κ1) is 7.20. The number of epoxide rings is 1. The Balaban J connectivity index is 2.27. The highest BCUT2D eigenvalue weighted by Crippen LogP contribution is 2.52. The normalized spacial score (nSPS) is 35.3. The fraction of sp³-hybridized carbons (Fsp3) is 0.800. The summed E-state index contributed by atoms with van der Waals surface area (Å²) in [4.78, 5) is 0. The predicted octanol–water partition coefficient (Wildman–Crippen LogP) is 2.87. The van der Waals surface area contributed by atoms with Crippen LogP contribution in [0, 0.1) is 5.92 Å². The van der Waals surface area contributed by atoms with Gasteiger partial charge in [0.05, 0.1) is 0 Å². The first-order valence-corrected chi connectivity index (χ1v) is 4.56. The maximum atomic E-state index is 5.62. The molecule has 0 saturated carbocycles. The molecular weight excluding hydrogens is 136 g/mol. The van der Waals surface area contributed by atoms with Crippen molar-refractivity contribution in [3.8, 4) is 0 Å². The topological polar surface area (TPSA) is 12.5 Å².